The maximum atomic E-state index is 14.4. The predicted molar refractivity (Wildman–Crippen MR) is 180 cm³/mol. The number of aryl methyl sites for hydroxylation is 1. The molecule has 258 valence electrons. The zero-order valence-corrected chi connectivity index (χ0v) is 29.1. The average Bonchev–Trinajstić information content (AvgIpc) is 3.50. The molecule has 2 aromatic carbocycles. The first-order chi connectivity index (χ1) is 22.4. The summed E-state index contributed by atoms with van der Waals surface area (Å²) >= 11 is 0. The molecule has 2 N–H and O–H groups in total. The fraction of sp³-hybridized carbons (Fsp3) is 0.529. The summed E-state index contributed by atoms with van der Waals surface area (Å²) in [6.07, 6.45) is 4.90. The van der Waals surface area contributed by atoms with Gasteiger partial charge in [-0.15, -0.1) is 0 Å². The van der Waals surface area contributed by atoms with Crippen LogP contribution in [-0.2, 0) is 28.4 Å². The summed E-state index contributed by atoms with van der Waals surface area (Å²) in [5.41, 5.74) is 1.55. The molecule has 1 aliphatic rings. The van der Waals surface area contributed by atoms with E-state index < -0.39 is 16.1 Å². The van der Waals surface area contributed by atoms with Crippen LogP contribution in [0.3, 0.4) is 0 Å². The summed E-state index contributed by atoms with van der Waals surface area (Å²) in [7, 11) is 1.38. The Morgan fingerprint density at radius 2 is 1.91 bits per heavy atom. The third-order valence-corrected chi connectivity index (χ3v) is 9.63. The molecule has 0 aliphatic carbocycles. The van der Waals surface area contributed by atoms with Gasteiger partial charge in [0.1, 0.15) is 11.5 Å². The number of methoxy groups -OCH3 is 1. The summed E-state index contributed by atoms with van der Waals surface area (Å²) in [4.78, 5) is 22.1. The molecule has 0 saturated carbocycles. The second-order valence-electron chi connectivity index (χ2n) is 12.5. The Labute approximate surface area is 278 Å². The van der Waals surface area contributed by atoms with E-state index in [1.54, 1.807) is 42.7 Å². The first-order valence-electron chi connectivity index (χ1n) is 16.1. The number of rotatable bonds is 10. The van der Waals surface area contributed by atoms with Crippen LogP contribution in [-0.4, -0.2) is 97.5 Å². The Kier molecular flexibility index (Phi) is 12.7. The van der Waals surface area contributed by atoms with Crippen LogP contribution in [0.1, 0.15) is 56.0 Å². The number of imidazole rings is 1. The molecule has 13 heteroatoms. The molecule has 0 unspecified atom stereocenters. The van der Waals surface area contributed by atoms with Crippen LogP contribution >= 0.6 is 0 Å². The molecule has 1 aromatic heterocycles. The van der Waals surface area contributed by atoms with Crippen LogP contribution < -0.4 is 14.2 Å². The number of likely N-dealkylation sites (N-methyl/N-ethyl adjacent to an activating group) is 1. The molecule has 0 bridgehead atoms. The highest BCUT2D eigenvalue weighted by Gasteiger charge is 2.31. The topological polar surface area (TPSA) is 135 Å². The van der Waals surface area contributed by atoms with Crippen LogP contribution in [0.2, 0.25) is 0 Å². The molecule has 47 heavy (non-hydrogen) atoms. The van der Waals surface area contributed by atoms with Crippen molar-refractivity contribution < 1.29 is 32.5 Å². The highest BCUT2D eigenvalue weighted by molar-refractivity contribution is 7.92. The molecule has 0 radical (unpaired) electrons. The van der Waals surface area contributed by atoms with Gasteiger partial charge in [0.2, 0.25) is 0 Å². The van der Waals surface area contributed by atoms with Gasteiger partial charge in [0.25, 0.3) is 15.9 Å². The minimum Gasteiger partial charge on any atom is -0.497 e. The first kappa shape index (κ1) is 36.2. The highest BCUT2D eigenvalue weighted by atomic mass is 32.2. The molecular formula is C34H49N5O7S. The molecule has 1 amide bonds. The van der Waals surface area contributed by atoms with Crippen molar-refractivity contribution in [3.63, 3.8) is 0 Å². The van der Waals surface area contributed by atoms with Crippen molar-refractivity contribution in [2.75, 3.05) is 45.2 Å². The second-order valence-corrected chi connectivity index (χ2v) is 14.2. The zero-order chi connectivity index (χ0) is 34.1. The average molecular weight is 672 g/mol. The lowest BCUT2D eigenvalue weighted by Gasteiger charge is -2.36. The van der Waals surface area contributed by atoms with E-state index >= 15 is 0 Å². The van der Waals surface area contributed by atoms with Crippen LogP contribution in [0.15, 0.2) is 60.0 Å². The number of aromatic nitrogens is 2. The van der Waals surface area contributed by atoms with Gasteiger partial charge in [-0.2, -0.15) is 8.42 Å². The maximum Gasteiger partial charge on any atom is 0.280 e. The molecule has 12 nitrogen and oxygen atoms in total. The quantitative estimate of drug-likeness (QED) is 0.326. The second kappa shape index (κ2) is 16.4. The van der Waals surface area contributed by atoms with Gasteiger partial charge in [-0.3, -0.25) is 14.4 Å². The first-order valence-corrected chi connectivity index (χ1v) is 17.5. The highest BCUT2D eigenvalue weighted by Crippen LogP contribution is 2.29. The summed E-state index contributed by atoms with van der Waals surface area (Å²) < 4.78 is 48.2. The lowest BCUT2D eigenvalue weighted by Crippen LogP contribution is -2.47. The van der Waals surface area contributed by atoms with Crippen molar-refractivity contribution >= 4 is 21.6 Å². The Morgan fingerprint density at radius 1 is 1.17 bits per heavy atom. The zero-order valence-electron chi connectivity index (χ0n) is 28.3. The van der Waals surface area contributed by atoms with Gasteiger partial charge in [0, 0.05) is 51.1 Å². The SMILES string of the molecule is COc1ccc(CN(C)C[C@H]2OCCCC[C@@H](C)Oc3ccc(NS(=O)(=O)c4cn(C)cn4)cc3C(=O)N([C@H](C)CO)C[C@@H]2C)cc1. The third kappa shape index (κ3) is 9.92. The predicted octanol–water partition coefficient (Wildman–Crippen LogP) is 4.16. The van der Waals surface area contributed by atoms with Gasteiger partial charge in [-0.1, -0.05) is 19.1 Å². The number of amides is 1. The number of anilines is 1. The fourth-order valence-corrected chi connectivity index (χ4v) is 6.63. The third-order valence-electron chi connectivity index (χ3n) is 8.36. The number of fused-ring (bicyclic) bond motifs is 1. The number of nitrogens with zero attached hydrogens (tertiary/aromatic N) is 4. The van der Waals surface area contributed by atoms with E-state index in [0.29, 0.717) is 32.0 Å². The number of benzene rings is 2. The van der Waals surface area contributed by atoms with Crippen molar-refractivity contribution in [2.45, 2.75) is 69.9 Å². The summed E-state index contributed by atoms with van der Waals surface area (Å²) in [5, 5.41) is 10.1. The van der Waals surface area contributed by atoms with Gasteiger partial charge in [0.15, 0.2) is 5.03 Å². The van der Waals surface area contributed by atoms with Crippen LogP contribution in [0.5, 0.6) is 11.5 Å². The van der Waals surface area contributed by atoms with Crippen molar-refractivity contribution in [1.82, 2.24) is 19.4 Å². The molecule has 4 rings (SSSR count). The fourth-order valence-electron chi connectivity index (χ4n) is 5.60. The number of hydrogen-bond donors (Lipinski definition) is 2. The number of carbonyl (C=O) groups is 1. The molecule has 0 saturated heterocycles. The van der Waals surface area contributed by atoms with Crippen molar-refractivity contribution in [3.8, 4) is 11.5 Å². The molecule has 4 atom stereocenters. The van der Waals surface area contributed by atoms with E-state index in [0.717, 1.165) is 30.6 Å². The number of sulfonamides is 1. The minimum atomic E-state index is -4.00. The monoisotopic (exact) mass is 671 g/mol. The Balaban J connectivity index is 1.62. The number of aliphatic hydroxyl groups is 1. The molecule has 3 aromatic rings. The Bertz CT molecular complexity index is 1560. The van der Waals surface area contributed by atoms with E-state index in [4.69, 9.17) is 14.2 Å². The summed E-state index contributed by atoms with van der Waals surface area (Å²) in [5.74, 6) is 0.696. The summed E-state index contributed by atoms with van der Waals surface area (Å²) in [6.45, 7) is 7.78. The summed E-state index contributed by atoms with van der Waals surface area (Å²) in [6, 6.07) is 12.2. The van der Waals surface area contributed by atoms with Gasteiger partial charge in [-0.25, -0.2) is 4.98 Å². The number of ether oxygens (including phenoxy) is 3. The minimum absolute atomic E-state index is 0.0941. The molecular weight excluding hydrogens is 622 g/mol. The van der Waals surface area contributed by atoms with E-state index in [2.05, 4.69) is 21.5 Å². The molecule has 2 heterocycles. The van der Waals surface area contributed by atoms with Gasteiger partial charge in [-0.05, 0) is 76.1 Å². The van der Waals surface area contributed by atoms with Crippen molar-refractivity contribution in [1.29, 1.82) is 0 Å². The smallest absolute Gasteiger partial charge is 0.280 e. The number of aliphatic hydroxyl groups excluding tert-OH is 1. The largest absolute Gasteiger partial charge is 0.497 e. The maximum absolute atomic E-state index is 14.4. The molecule has 0 spiro atoms. The lowest BCUT2D eigenvalue weighted by atomic mass is 10.0. The van der Waals surface area contributed by atoms with Crippen LogP contribution in [0.25, 0.3) is 0 Å². The van der Waals surface area contributed by atoms with Crippen molar-refractivity contribution in [2.24, 2.45) is 13.0 Å². The number of nitrogens with one attached hydrogen (secondary N) is 1. The number of carbonyl (C=O) groups excluding carboxylic acids is 1. The van der Waals surface area contributed by atoms with Gasteiger partial charge >= 0.3 is 0 Å². The van der Waals surface area contributed by atoms with Crippen LogP contribution in [0.4, 0.5) is 5.69 Å². The Morgan fingerprint density at radius 3 is 2.57 bits per heavy atom. The van der Waals surface area contributed by atoms with E-state index in [-0.39, 0.29) is 46.9 Å². The lowest BCUT2D eigenvalue weighted by molar-refractivity contribution is -0.0177. The van der Waals surface area contributed by atoms with Crippen LogP contribution in [0, 0.1) is 5.92 Å². The molecule has 1 aliphatic heterocycles. The molecule has 0 fully saturated rings. The normalized spacial score (nSPS) is 20.6. The van der Waals surface area contributed by atoms with Gasteiger partial charge in [0.05, 0.1) is 43.9 Å². The number of hydrogen-bond acceptors (Lipinski definition) is 9. The van der Waals surface area contributed by atoms with Gasteiger partial charge < -0.3 is 28.8 Å². The van der Waals surface area contributed by atoms with E-state index in [9.17, 15) is 18.3 Å². The Hall–Kier alpha value is -3.65. The standard InChI is InChI=1S/C34H49N5O7S/c1-24-18-39(25(2)22-40)34(41)30-17-28(36-47(42,43)33-21-38(5)23-35-33)12-15-31(30)46-26(3)9-7-8-16-45-32(24)20-37(4)19-27-10-13-29(44-6)14-11-27/h10-15,17,21,23-26,32,36,40H,7-9,16,18-20,22H2,1-6H3/t24-,25+,26+,32+/m0/s1. The van der Waals surface area contributed by atoms with Crippen molar-refractivity contribution in [3.05, 3.63) is 66.1 Å². The van der Waals surface area contributed by atoms with E-state index in [1.807, 2.05) is 38.2 Å². The van der Waals surface area contributed by atoms with E-state index in [1.165, 1.54) is 18.6 Å².